The number of rotatable bonds is 2. The van der Waals surface area contributed by atoms with Crippen molar-refractivity contribution in [3.8, 4) is 5.75 Å². The zero-order valence-electron chi connectivity index (χ0n) is 15.8. The van der Waals surface area contributed by atoms with Crippen LogP contribution in [0.25, 0.3) is 0 Å². The number of methoxy groups -OCH3 is 1. The molecule has 142 valence electrons. The highest BCUT2D eigenvalue weighted by Gasteiger charge is 2.68. The lowest BCUT2D eigenvalue weighted by atomic mass is 9.48. The largest absolute Gasteiger partial charge is 0.497 e. The normalized spacial score (nSPS) is 38.0. The second-order valence-corrected chi connectivity index (χ2v) is 8.41. The van der Waals surface area contributed by atoms with Gasteiger partial charge >= 0.3 is 0 Å². The Balaban J connectivity index is 1.69. The van der Waals surface area contributed by atoms with Crippen LogP contribution in [0.15, 0.2) is 18.2 Å². The van der Waals surface area contributed by atoms with Crippen LogP contribution < -0.4 is 4.74 Å². The Morgan fingerprint density at radius 2 is 2.04 bits per heavy atom. The number of aliphatic hydroxyl groups is 1. The van der Waals surface area contributed by atoms with Gasteiger partial charge in [0.2, 0.25) is 0 Å². The minimum atomic E-state index is -0.735. The van der Waals surface area contributed by atoms with Gasteiger partial charge in [-0.1, -0.05) is 13.0 Å². The van der Waals surface area contributed by atoms with Crippen LogP contribution in [0.1, 0.15) is 43.7 Å². The predicted octanol–water partition coefficient (Wildman–Crippen LogP) is 2.24. The summed E-state index contributed by atoms with van der Waals surface area (Å²) in [6.45, 7) is 5.50. The smallest absolute Gasteiger partial charge is 0.169 e. The number of benzene rings is 1. The van der Waals surface area contributed by atoms with Crippen LogP contribution in [0.4, 0.5) is 0 Å². The molecule has 0 amide bonds. The maximum absolute atomic E-state index is 12.1. The van der Waals surface area contributed by atoms with Crippen LogP contribution >= 0.6 is 0 Å². The average Bonchev–Trinajstić information content (AvgIpc) is 3.10. The Morgan fingerprint density at radius 1 is 1.23 bits per heavy atom. The fraction of sp³-hybridized carbons (Fsp3) is 0.714. The Morgan fingerprint density at radius 3 is 2.77 bits per heavy atom. The summed E-state index contributed by atoms with van der Waals surface area (Å²) in [5, 5.41) is 12.1. The van der Waals surface area contributed by atoms with Crippen LogP contribution in [0, 0.1) is 0 Å². The van der Waals surface area contributed by atoms with E-state index in [0.717, 1.165) is 50.9 Å². The molecule has 2 aliphatic carbocycles. The Bertz CT molecular complexity index is 716. The molecule has 3 unspecified atom stereocenters. The van der Waals surface area contributed by atoms with Gasteiger partial charge in [-0.3, -0.25) is 4.90 Å². The van der Waals surface area contributed by atoms with Crippen molar-refractivity contribution in [1.29, 1.82) is 0 Å². The maximum Gasteiger partial charge on any atom is 0.169 e. The van der Waals surface area contributed by atoms with Gasteiger partial charge in [0.25, 0.3) is 0 Å². The van der Waals surface area contributed by atoms with E-state index in [-0.39, 0.29) is 11.5 Å². The monoisotopic (exact) mass is 359 g/mol. The van der Waals surface area contributed by atoms with E-state index in [0.29, 0.717) is 13.2 Å². The maximum atomic E-state index is 12.1. The van der Waals surface area contributed by atoms with Gasteiger partial charge in [0.15, 0.2) is 5.79 Å². The Labute approximate surface area is 155 Å². The van der Waals surface area contributed by atoms with E-state index in [9.17, 15) is 5.11 Å². The van der Waals surface area contributed by atoms with Crippen LogP contribution in [0.3, 0.4) is 0 Å². The van der Waals surface area contributed by atoms with Crippen molar-refractivity contribution in [2.45, 2.75) is 61.9 Å². The summed E-state index contributed by atoms with van der Waals surface area (Å²) in [6, 6.07) is 6.57. The SMILES string of the molecule is CCN1CCC23CC4(CCC2(O)C1Cc1ccc(OC)cc13)OCCO4. The Kier molecular flexibility index (Phi) is 3.71. The lowest BCUT2D eigenvalue weighted by Crippen LogP contribution is -2.74. The fourth-order valence-corrected chi connectivity index (χ4v) is 6.30. The zero-order chi connectivity index (χ0) is 18.0. The van der Waals surface area contributed by atoms with Gasteiger partial charge < -0.3 is 19.3 Å². The van der Waals surface area contributed by atoms with Crippen molar-refractivity contribution in [3.05, 3.63) is 29.3 Å². The molecule has 0 aromatic heterocycles. The van der Waals surface area contributed by atoms with Crippen LogP contribution in [-0.2, 0) is 21.3 Å². The van der Waals surface area contributed by atoms with Crippen LogP contribution in [0.5, 0.6) is 5.75 Å². The minimum Gasteiger partial charge on any atom is -0.497 e. The van der Waals surface area contributed by atoms with Crippen molar-refractivity contribution in [3.63, 3.8) is 0 Å². The van der Waals surface area contributed by atoms with E-state index in [1.165, 1.54) is 11.1 Å². The molecule has 4 aliphatic rings. The number of hydrogen-bond donors (Lipinski definition) is 1. The first kappa shape index (κ1) is 17.0. The molecule has 5 rings (SSSR count). The number of hydrogen-bond acceptors (Lipinski definition) is 5. The van der Waals surface area contributed by atoms with E-state index in [1.807, 2.05) is 6.07 Å². The van der Waals surface area contributed by atoms with Crippen molar-refractivity contribution >= 4 is 0 Å². The van der Waals surface area contributed by atoms with Crippen molar-refractivity contribution in [1.82, 2.24) is 4.90 Å². The van der Waals surface area contributed by atoms with Crippen LogP contribution in [0.2, 0.25) is 0 Å². The first-order chi connectivity index (χ1) is 12.6. The molecule has 1 aromatic carbocycles. The number of piperidine rings is 1. The standard InChI is InChI=1S/C21H29NO4/c1-3-22-9-8-19-14-20(25-10-11-26-20)6-7-21(19,23)18(22)12-15-4-5-16(24-2)13-17(15)19/h4-5,13,18,23H,3,6-12,14H2,1-2H3. The van der Waals surface area contributed by atoms with Gasteiger partial charge in [-0.25, -0.2) is 0 Å². The fourth-order valence-electron chi connectivity index (χ4n) is 6.30. The van der Waals surface area contributed by atoms with Gasteiger partial charge in [0.1, 0.15) is 5.75 Å². The number of likely N-dealkylation sites (tertiary alicyclic amines) is 1. The van der Waals surface area contributed by atoms with Crippen LogP contribution in [-0.4, -0.2) is 60.8 Å². The highest BCUT2D eigenvalue weighted by molar-refractivity contribution is 5.49. The molecule has 0 radical (unpaired) electrons. The van der Waals surface area contributed by atoms with Gasteiger partial charge in [-0.15, -0.1) is 0 Å². The summed E-state index contributed by atoms with van der Waals surface area (Å²) in [4.78, 5) is 2.47. The molecule has 1 N–H and O–H groups in total. The zero-order valence-corrected chi connectivity index (χ0v) is 15.8. The second-order valence-electron chi connectivity index (χ2n) is 8.41. The van der Waals surface area contributed by atoms with Gasteiger partial charge in [-0.2, -0.15) is 0 Å². The summed E-state index contributed by atoms with van der Waals surface area (Å²) in [5.74, 6) is 0.341. The highest BCUT2D eigenvalue weighted by Crippen LogP contribution is 2.61. The van der Waals surface area contributed by atoms with E-state index < -0.39 is 11.4 Å². The topological polar surface area (TPSA) is 51.2 Å². The predicted molar refractivity (Wildman–Crippen MR) is 97.5 cm³/mol. The molecular formula is C21H29NO4. The molecule has 5 heteroatoms. The van der Waals surface area contributed by atoms with Gasteiger partial charge in [-0.05, 0) is 55.6 Å². The summed E-state index contributed by atoms with van der Waals surface area (Å²) in [7, 11) is 1.71. The van der Waals surface area contributed by atoms with E-state index in [2.05, 4.69) is 24.0 Å². The van der Waals surface area contributed by atoms with E-state index in [1.54, 1.807) is 7.11 Å². The summed E-state index contributed by atoms with van der Waals surface area (Å²) in [5.41, 5.74) is 1.54. The Hall–Kier alpha value is -1.14. The summed E-state index contributed by atoms with van der Waals surface area (Å²) in [6.07, 6.45) is 4.08. The highest BCUT2D eigenvalue weighted by atomic mass is 16.7. The molecule has 3 fully saturated rings. The number of likely N-dealkylation sites (N-methyl/N-ethyl adjacent to an activating group) is 1. The molecule has 1 saturated carbocycles. The molecule has 2 aliphatic heterocycles. The first-order valence-corrected chi connectivity index (χ1v) is 9.98. The minimum absolute atomic E-state index is 0.167. The molecule has 2 heterocycles. The summed E-state index contributed by atoms with van der Waals surface area (Å²) >= 11 is 0. The third-order valence-electron chi connectivity index (χ3n) is 7.57. The molecule has 2 saturated heterocycles. The summed E-state index contributed by atoms with van der Waals surface area (Å²) < 4.78 is 17.7. The third-order valence-corrected chi connectivity index (χ3v) is 7.57. The van der Waals surface area contributed by atoms with Gasteiger partial charge in [0, 0.05) is 24.3 Å². The molecule has 2 bridgehead atoms. The number of nitrogens with zero attached hydrogens (tertiary/aromatic N) is 1. The second kappa shape index (κ2) is 5.68. The number of ether oxygens (including phenoxy) is 3. The van der Waals surface area contributed by atoms with Gasteiger partial charge in [0.05, 0.1) is 25.9 Å². The van der Waals surface area contributed by atoms with Crippen molar-refractivity contribution in [2.75, 3.05) is 33.4 Å². The van der Waals surface area contributed by atoms with E-state index >= 15 is 0 Å². The van der Waals surface area contributed by atoms with Crippen molar-refractivity contribution < 1.29 is 19.3 Å². The molecular weight excluding hydrogens is 330 g/mol. The third kappa shape index (κ3) is 2.06. The van der Waals surface area contributed by atoms with Crippen molar-refractivity contribution in [2.24, 2.45) is 0 Å². The lowest BCUT2D eigenvalue weighted by molar-refractivity contribution is -0.258. The number of fused-ring (bicyclic) bond motifs is 1. The first-order valence-electron chi connectivity index (χ1n) is 9.98. The lowest BCUT2D eigenvalue weighted by Gasteiger charge is -2.65. The van der Waals surface area contributed by atoms with E-state index in [4.69, 9.17) is 14.2 Å². The quantitative estimate of drug-likeness (QED) is 0.878. The molecule has 3 atom stereocenters. The molecule has 26 heavy (non-hydrogen) atoms. The molecule has 5 nitrogen and oxygen atoms in total. The molecule has 1 aromatic rings. The average molecular weight is 359 g/mol. The molecule has 1 spiro atoms.